The summed E-state index contributed by atoms with van der Waals surface area (Å²) in [5, 5.41) is 0. The van der Waals surface area contributed by atoms with Gasteiger partial charge in [0.05, 0.1) is 14.2 Å². The van der Waals surface area contributed by atoms with Crippen molar-refractivity contribution in [3.63, 3.8) is 0 Å². The maximum Gasteiger partial charge on any atom is 0.343 e. The van der Waals surface area contributed by atoms with Crippen molar-refractivity contribution in [3.05, 3.63) is 23.3 Å². The number of halogens is 1. The van der Waals surface area contributed by atoms with E-state index in [1.165, 1.54) is 7.11 Å². The van der Waals surface area contributed by atoms with E-state index in [-0.39, 0.29) is 0 Å². The lowest BCUT2D eigenvalue weighted by Crippen LogP contribution is -2.15. The maximum absolute atomic E-state index is 12.2. The minimum atomic E-state index is -0.627. The van der Waals surface area contributed by atoms with E-state index in [1.807, 2.05) is 0 Å². The lowest BCUT2D eigenvalue weighted by molar-refractivity contribution is 0.0429. The third kappa shape index (κ3) is 4.04. The topological polar surface area (TPSA) is 44.8 Å². The van der Waals surface area contributed by atoms with Crippen LogP contribution in [0.3, 0.4) is 0 Å². The van der Waals surface area contributed by atoms with E-state index in [2.05, 4.69) is 6.92 Å². The van der Waals surface area contributed by atoms with Gasteiger partial charge in [-0.05, 0) is 31.9 Å². The average Bonchev–Trinajstić information content (AvgIpc) is 2.44. The number of rotatable bonds is 7. The van der Waals surface area contributed by atoms with Gasteiger partial charge in [0.2, 0.25) is 0 Å². The molecule has 0 amide bonds. The van der Waals surface area contributed by atoms with Gasteiger partial charge < -0.3 is 14.2 Å². The molecule has 0 fully saturated rings. The molecule has 1 atom stereocenters. The third-order valence-corrected chi connectivity index (χ3v) is 3.35. The summed E-state index contributed by atoms with van der Waals surface area (Å²) in [6, 6.07) is 3.43. The molecule has 0 spiro atoms. The van der Waals surface area contributed by atoms with Gasteiger partial charge in [0.1, 0.15) is 17.1 Å². The van der Waals surface area contributed by atoms with Gasteiger partial charge in [-0.15, -0.1) is 0 Å². The predicted octanol–water partition coefficient (Wildman–Crippen LogP) is 3.92. The average molecular weight is 301 g/mol. The molecule has 5 heteroatoms. The number of carbonyl (C=O) groups excluding carboxylic acids is 1. The number of methoxy groups -OCH3 is 2. The molecule has 20 heavy (non-hydrogen) atoms. The number of unbranched alkanes of at least 4 members (excludes halogenated alkanes) is 1. The molecule has 0 radical (unpaired) electrons. The molecule has 0 saturated carbocycles. The smallest absolute Gasteiger partial charge is 0.343 e. The third-order valence-electron chi connectivity index (χ3n) is 3.04. The van der Waals surface area contributed by atoms with Crippen molar-refractivity contribution >= 4 is 17.6 Å². The molecular formula is C15H21ClO4. The molecule has 0 aliphatic carbocycles. The molecule has 0 N–H and O–H groups in total. The first-order valence-corrected chi connectivity index (χ1v) is 7.05. The van der Waals surface area contributed by atoms with E-state index in [0.29, 0.717) is 29.0 Å². The molecule has 1 aromatic carbocycles. The van der Waals surface area contributed by atoms with Gasteiger partial charge in [-0.2, -0.15) is 0 Å². The van der Waals surface area contributed by atoms with Gasteiger partial charge >= 0.3 is 5.97 Å². The van der Waals surface area contributed by atoms with Crippen LogP contribution in [0.15, 0.2) is 12.1 Å². The van der Waals surface area contributed by atoms with Crippen molar-refractivity contribution in [3.8, 4) is 11.5 Å². The first kappa shape index (κ1) is 16.6. The second-order valence-corrected chi connectivity index (χ2v) is 4.91. The van der Waals surface area contributed by atoms with Crippen LogP contribution in [0.5, 0.6) is 11.5 Å². The highest BCUT2D eigenvalue weighted by molar-refractivity contribution is 6.20. The fourth-order valence-electron chi connectivity index (χ4n) is 1.91. The van der Waals surface area contributed by atoms with Crippen LogP contribution in [0, 0.1) is 6.92 Å². The van der Waals surface area contributed by atoms with E-state index in [9.17, 15) is 4.79 Å². The van der Waals surface area contributed by atoms with Crippen LogP contribution in [0.4, 0.5) is 0 Å². The quantitative estimate of drug-likeness (QED) is 0.565. The molecule has 1 unspecified atom stereocenters. The monoisotopic (exact) mass is 300 g/mol. The molecule has 1 aromatic rings. The summed E-state index contributed by atoms with van der Waals surface area (Å²) < 4.78 is 15.7. The van der Waals surface area contributed by atoms with Gasteiger partial charge in [0, 0.05) is 5.56 Å². The van der Waals surface area contributed by atoms with Crippen molar-refractivity contribution < 1.29 is 19.0 Å². The largest absolute Gasteiger partial charge is 0.496 e. The Morgan fingerprint density at radius 2 is 1.85 bits per heavy atom. The number of benzene rings is 1. The zero-order valence-electron chi connectivity index (χ0n) is 12.4. The lowest BCUT2D eigenvalue weighted by atomic mass is 10.1. The summed E-state index contributed by atoms with van der Waals surface area (Å²) in [6.07, 6.45) is 2.55. The molecule has 0 saturated heterocycles. The highest BCUT2D eigenvalue weighted by atomic mass is 35.5. The number of carbonyl (C=O) groups is 1. The zero-order valence-corrected chi connectivity index (χ0v) is 13.1. The number of hydrogen-bond donors (Lipinski definition) is 0. The highest BCUT2D eigenvalue weighted by Crippen LogP contribution is 2.31. The van der Waals surface area contributed by atoms with Crippen molar-refractivity contribution in [1.29, 1.82) is 0 Å². The summed E-state index contributed by atoms with van der Waals surface area (Å²) in [4.78, 5) is 12.2. The van der Waals surface area contributed by atoms with Crippen LogP contribution in [0.25, 0.3) is 0 Å². The summed E-state index contributed by atoms with van der Waals surface area (Å²) in [5.74, 6) is 0.569. The molecule has 0 bridgehead atoms. The van der Waals surface area contributed by atoms with Gasteiger partial charge in [-0.25, -0.2) is 4.79 Å². The van der Waals surface area contributed by atoms with E-state index in [1.54, 1.807) is 26.2 Å². The number of ether oxygens (including phenoxy) is 3. The van der Waals surface area contributed by atoms with E-state index in [4.69, 9.17) is 25.8 Å². The number of alkyl halides is 1. The van der Waals surface area contributed by atoms with Gasteiger partial charge in [0.25, 0.3) is 0 Å². The van der Waals surface area contributed by atoms with Crippen LogP contribution in [0.1, 0.15) is 42.1 Å². The fourth-order valence-corrected chi connectivity index (χ4v) is 2.15. The van der Waals surface area contributed by atoms with E-state index < -0.39 is 11.5 Å². The molecule has 1 rings (SSSR count). The van der Waals surface area contributed by atoms with Crippen LogP contribution in [0.2, 0.25) is 0 Å². The number of esters is 1. The van der Waals surface area contributed by atoms with Crippen LogP contribution < -0.4 is 9.47 Å². The Balaban J connectivity index is 2.96. The Labute approximate surface area is 125 Å². The molecule has 0 heterocycles. The summed E-state index contributed by atoms with van der Waals surface area (Å²) >= 11 is 6.01. The lowest BCUT2D eigenvalue weighted by Gasteiger charge is -2.16. The molecule has 0 aliphatic rings. The summed E-state index contributed by atoms with van der Waals surface area (Å²) in [7, 11) is 3.06. The standard InChI is InChI=1S/C15H21ClO4/c1-5-6-7-13(16)20-15(17)14-10(2)11(18-3)8-9-12(14)19-4/h8-9,13H,5-7H2,1-4H3. The Kier molecular flexibility index (Phi) is 6.65. The molecular weight excluding hydrogens is 280 g/mol. The van der Waals surface area contributed by atoms with Gasteiger partial charge in [-0.3, -0.25) is 0 Å². The second kappa shape index (κ2) is 8.00. The Hall–Kier alpha value is -1.42. The highest BCUT2D eigenvalue weighted by Gasteiger charge is 2.22. The van der Waals surface area contributed by atoms with E-state index >= 15 is 0 Å². The first-order valence-electron chi connectivity index (χ1n) is 6.61. The van der Waals surface area contributed by atoms with Crippen molar-refractivity contribution in [2.75, 3.05) is 14.2 Å². The number of hydrogen-bond acceptors (Lipinski definition) is 4. The minimum absolute atomic E-state index is 0.356. The SMILES string of the molecule is CCCCC(Cl)OC(=O)c1c(OC)ccc(OC)c1C. The Bertz CT molecular complexity index is 459. The molecule has 0 aromatic heterocycles. The molecule has 0 aliphatic heterocycles. The molecule has 4 nitrogen and oxygen atoms in total. The second-order valence-electron chi connectivity index (χ2n) is 4.43. The van der Waals surface area contributed by atoms with E-state index in [0.717, 1.165) is 12.8 Å². The summed E-state index contributed by atoms with van der Waals surface area (Å²) in [5.41, 5.74) is 0.406. The van der Waals surface area contributed by atoms with Crippen molar-refractivity contribution in [2.45, 2.75) is 38.7 Å². The zero-order chi connectivity index (χ0) is 15.1. The normalized spacial score (nSPS) is 11.8. The Morgan fingerprint density at radius 3 is 2.40 bits per heavy atom. The Morgan fingerprint density at radius 1 is 1.25 bits per heavy atom. The minimum Gasteiger partial charge on any atom is -0.496 e. The van der Waals surface area contributed by atoms with Crippen LogP contribution in [-0.4, -0.2) is 25.8 Å². The fraction of sp³-hybridized carbons (Fsp3) is 0.533. The van der Waals surface area contributed by atoms with Gasteiger partial charge in [-0.1, -0.05) is 24.9 Å². The first-order chi connectivity index (χ1) is 9.54. The summed E-state index contributed by atoms with van der Waals surface area (Å²) in [6.45, 7) is 3.84. The van der Waals surface area contributed by atoms with Crippen molar-refractivity contribution in [2.24, 2.45) is 0 Å². The predicted molar refractivity (Wildman–Crippen MR) is 78.9 cm³/mol. The van der Waals surface area contributed by atoms with Gasteiger partial charge in [0.15, 0.2) is 5.56 Å². The van der Waals surface area contributed by atoms with Crippen LogP contribution in [-0.2, 0) is 4.74 Å². The maximum atomic E-state index is 12.2. The van der Waals surface area contributed by atoms with Crippen LogP contribution >= 0.6 is 11.6 Å². The molecule has 112 valence electrons. The van der Waals surface area contributed by atoms with Crippen molar-refractivity contribution in [1.82, 2.24) is 0 Å².